The molecule has 0 aliphatic carbocycles. The Hall–Kier alpha value is -3.39. The van der Waals surface area contributed by atoms with E-state index >= 15 is 0 Å². The van der Waals surface area contributed by atoms with E-state index in [9.17, 15) is 14.9 Å². The lowest BCUT2D eigenvalue weighted by molar-refractivity contribution is -0.384. The second-order valence-electron chi connectivity index (χ2n) is 7.47. The average Bonchev–Trinajstić information content (AvgIpc) is 2.69. The van der Waals surface area contributed by atoms with Gasteiger partial charge in [0.15, 0.2) is 0 Å². The lowest BCUT2D eigenvalue weighted by Crippen LogP contribution is -2.33. The van der Waals surface area contributed by atoms with Gasteiger partial charge in [-0.3, -0.25) is 15.0 Å². The molecule has 0 spiro atoms. The van der Waals surface area contributed by atoms with Crippen molar-refractivity contribution in [1.82, 2.24) is 5.48 Å². The van der Waals surface area contributed by atoms with Crippen LogP contribution in [0.3, 0.4) is 0 Å². The average molecular weight is 414 g/mol. The molecular formula is C22H26N2O6. The van der Waals surface area contributed by atoms with Crippen LogP contribution in [0.25, 0.3) is 6.08 Å². The Labute approximate surface area is 175 Å². The third-order valence-corrected chi connectivity index (χ3v) is 3.94. The van der Waals surface area contributed by atoms with Gasteiger partial charge in [0.1, 0.15) is 17.5 Å². The topological polar surface area (TPSA) is 99.9 Å². The number of hydrogen-bond donors (Lipinski definition) is 1. The molecule has 1 amide bonds. The molecule has 1 atom stereocenters. The Morgan fingerprint density at radius 2 is 1.77 bits per heavy atom. The van der Waals surface area contributed by atoms with Gasteiger partial charge in [0.2, 0.25) is 0 Å². The molecule has 8 nitrogen and oxygen atoms in total. The minimum atomic E-state index is -0.680. The Morgan fingerprint density at radius 3 is 2.30 bits per heavy atom. The number of methoxy groups -OCH3 is 1. The maximum absolute atomic E-state index is 11.9. The molecule has 0 saturated heterocycles. The molecule has 2 rings (SSSR count). The van der Waals surface area contributed by atoms with Gasteiger partial charge in [0.05, 0.1) is 12.0 Å². The van der Waals surface area contributed by atoms with Crippen LogP contribution in [0.4, 0.5) is 10.5 Å². The normalized spacial score (nSPS) is 12.4. The molecule has 1 unspecified atom stereocenters. The lowest BCUT2D eigenvalue weighted by Gasteiger charge is -2.22. The molecular weight excluding hydrogens is 388 g/mol. The summed E-state index contributed by atoms with van der Waals surface area (Å²) >= 11 is 0. The third-order valence-electron chi connectivity index (χ3n) is 3.94. The van der Waals surface area contributed by atoms with E-state index in [1.165, 1.54) is 12.1 Å². The standard InChI is InChI=1S/C22H26N2O6/c1-22(2,3)29-21(25)23-30-20(17-10-14-19(28-4)15-11-17)7-5-6-16-8-12-18(13-9-16)24(26)27/h5-6,8-15,20H,7H2,1-4H3,(H,23,25)/b6-5+. The van der Waals surface area contributed by atoms with E-state index in [2.05, 4.69) is 5.48 Å². The molecule has 0 aliphatic heterocycles. The number of carbonyl (C=O) groups excluding carboxylic acids is 1. The van der Waals surface area contributed by atoms with E-state index in [1.807, 2.05) is 24.3 Å². The molecule has 2 aromatic rings. The molecule has 1 N–H and O–H groups in total. The highest BCUT2D eigenvalue weighted by molar-refractivity contribution is 5.66. The number of rotatable bonds is 8. The van der Waals surface area contributed by atoms with E-state index in [1.54, 1.807) is 52.1 Å². The van der Waals surface area contributed by atoms with Crippen LogP contribution in [0.1, 0.15) is 44.4 Å². The summed E-state index contributed by atoms with van der Waals surface area (Å²) in [6.07, 6.45) is 2.99. The molecule has 0 aliphatic rings. The van der Waals surface area contributed by atoms with Gasteiger partial charge in [-0.25, -0.2) is 4.79 Å². The van der Waals surface area contributed by atoms with Crippen molar-refractivity contribution >= 4 is 17.9 Å². The van der Waals surface area contributed by atoms with Gasteiger partial charge in [0, 0.05) is 12.1 Å². The Morgan fingerprint density at radius 1 is 1.13 bits per heavy atom. The van der Waals surface area contributed by atoms with E-state index in [0.29, 0.717) is 12.2 Å². The smallest absolute Gasteiger partial charge is 0.431 e. The SMILES string of the molecule is COc1ccc(C(C/C=C/c2ccc([N+](=O)[O-])cc2)ONC(=O)OC(C)(C)C)cc1. The van der Waals surface area contributed by atoms with Gasteiger partial charge in [-0.2, -0.15) is 5.48 Å². The minimum Gasteiger partial charge on any atom is -0.497 e. The third kappa shape index (κ3) is 7.56. The zero-order chi connectivity index (χ0) is 22.1. The summed E-state index contributed by atoms with van der Waals surface area (Å²) in [5, 5.41) is 10.7. The quantitative estimate of drug-likeness (QED) is 0.470. The molecule has 30 heavy (non-hydrogen) atoms. The van der Waals surface area contributed by atoms with Crippen LogP contribution in [0.5, 0.6) is 5.75 Å². The van der Waals surface area contributed by atoms with Crippen molar-refractivity contribution in [1.29, 1.82) is 0 Å². The van der Waals surface area contributed by atoms with Crippen LogP contribution in [-0.4, -0.2) is 23.7 Å². The summed E-state index contributed by atoms with van der Waals surface area (Å²) in [4.78, 5) is 27.8. The molecule has 0 aromatic heterocycles. The fourth-order valence-corrected chi connectivity index (χ4v) is 2.52. The van der Waals surface area contributed by atoms with Crippen molar-refractivity contribution in [3.05, 3.63) is 75.8 Å². The van der Waals surface area contributed by atoms with Crippen molar-refractivity contribution in [2.45, 2.75) is 38.9 Å². The van der Waals surface area contributed by atoms with Crippen LogP contribution in [0, 0.1) is 10.1 Å². The van der Waals surface area contributed by atoms with Crippen LogP contribution in [-0.2, 0) is 9.57 Å². The number of hydroxylamine groups is 1. The van der Waals surface area contributed by atoms with Crippen molar-refractivity contribution in [2.24, 2.45) is 0 Å². The second-order valence-corrected chi connectivity index (χ2v) is 7.47. The highest BCUT2D eigenvalue weighted by Crippen LogP contribution is 2.24. The number of nitrogens with one attached hydrogen (secondary N) is 1. The zero-order valence-corrected chi connectivity index (χ0v) is 17.5. The summed E-state index contributed by atoms with van der Waals surface area (Å²) in [6, 6.07) is 13.5. The second kappa shape index (κ2) is 10.4. The van der Waals surface area contributed by atoms with Crippen molar-refractivity contribution < 1.29 is 24.0 Å². The van der Waals surface area contributed by atoms with Crippen LogP contribution < -0.4 is 10.2 Å². The minimum absolute atomic E-state index is 0.0353. The van der Waals surface area contributed by atoms with E-state index in [-0.39, 0.29) is 5.69 Å². The first-order chi connectivity index (χ1) is 14.2. The number of amides is 1. The fourth-order valence-electron chi connectivity index (χ4n) is 2.52. The van der Waals surface area contributed by atoms with Crippen LogP contribution in [0.2, 0.25) is 0 Å². The summed E-state index contributed by atoms with van der Waals surface area (Å²) in [5.74, 6) is 0.707. The number of nitrogens with zero attached hydrogens (tertiary/aromatic N) is 1. The molecule has 160 valence electrons. The summed E-state index contributed by atoms with van der Waals surface area (Å²) in [7, 11) is 1.58. The molecule has 0 bridgehead atoms. The van der Waals surface area contributed by atoms with E-state index < -0.39 is 22.7 Å². The molecule has 2 aromatic carbocycles. The fraction of sp³-hybridized carbons (Fsp3) is 0.318. The summed E-state index contributed by atoms with van der Waals surface area (Å²) in [6.45, 7) is 5.29. The van der Waals surface area contributed by atoms with Gasteiger partial charge in [-0.05, 0) is 62.6 Å². The molecule has 8 heteroatoms. The Balaban J connectivity index is 2.07. The van der Waals surface area contributed by atoms with Gasteiger partial charge in [-0.1, -0.05) is 24.3 Å². The highest BCUT2D eigenvalue weighted by Gasteiger charge is 2.18. The van der Waals surface area contributed by atoms with Gasteiger partial charge in [0.25, 0.3) is 5.69 Å². The molecule has 0 fully saturated rings. The first-order valence-corrected chi connectivity index (χ1v) is 9.37. The Bertz CT molecular complexity index is 870. The van der Waals surface area contributed by atoms with E-state index in [0.717, 1.165) is 11.1 Å². The van der Waals surface area contributed by atoms with Crippen LogP contribution in [0.15, 0.2) is 54.6 Å². The number of ether oxygens (including phenoxy) is 2. The predicted octanol–water partition coefficient (Wildman–Crippen LogP) is 5.20. The lowest BCUT2D eigenvalue weighted by atomic mass is 10.1. The number of non-ortho nitro benzene ring substituents is 1. The largest absolute Gasteiger partial charge is 0.497 e. The number of benzene rings is 2. The maximum Gasteiger partial charge on any atom is 0.431 e. The Kier molecular flexibility index (Phi) is 7.94. The maximum atomic E-state index is 11.9. The predicted molar refractivity (Wildman–Crippen MR) is 113 cm³/mol. The number of carbonyl (C=O) groups is 1. The number of hydrogen-bond acceptors (Lipinski definition) is 6. The summed E-state index contributed by atoms with van der Waals surface area (Å²) < 4.78 is 10.4. The molecule has 0 radical (unpaired) electrons. The molecule has 0 heterocycles. The van der Waals surface area contributed by atoms with Crippen LogP contribution >= 0.6 is 0 Å². The molecule has 0 saturated carbocycles. The number of nitro benzene ring substituents is 1. The van der Waals surface area contributed by atoms with E-state index in [4.69, 9.17) is 14.3 Å². The van der Waals surface area contributed by atoms with Crippen molar-refractivity contribution in [2.75, 3.05) is 7.11 Å². The monoisotopic (exact) mass is 414 g/mol. The first kappa shape index (κ1) is 22.9. The van der Waals surface area contributed by atoms with Crippen molar-refractivity contribution in [3.8, 4) is 5.75 Å². The van der Waals surface area contributed by atoms with Crippen molar-refractivity contribution in [3.63, 3.8) is 0 Å². The van der Waals surface area contributed by atoms with Gasteiger partial charge in [-0.15, -0.1) is 0 Å². The zero-order valence-electron chi connectivity index (χ0n) is 17.5. The highest BCUT2D eigenvalue weighted by atomic mass is 16.7. The first-order valence-electron chi connectivity index (χ1n) is 9.37. The van der Waals surface area contributed by atoms with Gasteiger partial charge >= 0.3 is 6.09 Å². The summed E-state index contributed by atoms with van der Waals surface area (Å²) in [5.41, 5.74) is 3.38. The number of nitro groups is 1. The van der Waals surface area contributed by atoms with Gasteiger partial charge < -0.3 is 9.47 Å².